The van der Waals surface area contributed by atoms with Crippen LogP contribution in [0.2, 0.25) is 0 Å². The van der Waals surface area contributed by atoms with Crippen molar-refractivity contribution in [2.75, 3.05) is 25.6 Å². The Kier molecular flexibility index (Phi) is 4.21. The van der Waals surface area contributed by atoms with Crippen molar-refractivity contribution in [3.05, 3.63) is 18.2 Å². The van der Waals surface area contributed by atoms with E-state index in [2.05, 4.69) is 15.3 Å². The van der Waals surface area contributed by atoms with Gasteiger partial charge < -0.3 is 15.2 Å². The fourth-order valence-corrected chi connectivity index (χ4v) is 0.864. The van der Waals surface area contributed by atoms with Gasteiger partial charge in [0, 0.05) is 13.7 Å². The largest absolute Gasteiger partial charge is 0.389 e. The fraction of sp³-hybridized carbons (Fsp3) is 0.500. The van der Waals surface area contributed by atoms with Gasteiger partial charge in [-0.2, -0.15) is 0 Å². The number of anilines is 1. The summed E-state index contributed by atoms with van der Waals surface area (Å²) in [6.45, 7) is 0.494. The molecule has 0 bridgehead atoms. The number of aliphatic hydroxyl groups is 1. The molecule has 0 aliphatic rings. The molecule has 0 radical (unpaired) electrons. The summed E-state index contributed by atoms with van der Waals surface area (Å²) in [5.74, 6) is -0.213. The number of nitrogens with zero attached hydrogens (tertiary/aromatic N) is 2. The van der Waals surface area contributed by atoms with Gasteiger partial charge in [0.15, 0.2) is 5.82 Å². The summed E-state index contributed by atoms with van der Waals surface area (Å²) in [7, 11) is 1.50. The number of halogens is 1. The van der Waals surface area contributed by atoms with Gasteiger partial charge in [-0.25, -0.2) is 14.4 Å². The van der Waals surface area contributed by atoms with E-state index in [0.29, 0.717) is 0 Å². The monoisotopic (exact) mass is 201 g/mol. The summed E-state index contributed by atoms with van der Waals surface area (Å²) in [5.41, 5.74) is 0. The van der Waals surface area contributed by atoms with Gasteiger partial charge in [0.05, 0.1) is 25.1 Å². The van der Waals surface area contributed by atoms with E-state index in [1.165, 1.54) is 7.11 Å². The average molecular weight is 201 g/mol. The highest BCUT2D eigenvalue weighted by Gasteiger charge is 2.03. The van der Waals surface area contributed by atoms with Crippen molar-refractivity contribution < 1.29 is 14.2 Å². The first-order chi connectivity index (χ1) is 6.72. The molecule has 0 fully saturated rings. The Morgan fingerprint density at radius 3 is 2.79 bits per heavy atom. The van der Waals surface area contributed by atoms with Gasteiger partial charge in [0.2, 0.25) is 5.95 Å². The lowest BCUT2D eigenvalue weighted by atomic mass is 10.4. The van der Waals surface area contributed by atoms with Crippen molar-refractivity contribution in [3.8, 4) is 0 Å². The van der Waals surface area contributed by atoms with Crippen LogP contribution in [0.15, 0.2) is 12.4 Å². The molecule has 0 aliphatic carbocycles. The Morgan fingerprint density at radius 2 is 2.21 bits per heavy atom. The number of aromatic nitrogens is 2. The fourth-order valence-electron chi connectivity index (χ4n) is 0.864. The molecule has 0 amide bonds. The second-order valence-corrected chi connectivity index (χ2v) is 2.71. The van der Waals surface area contributed by atoms with Gasteiger partial charge >= 0.3 is 0 Å². The van der Waals surface area contributed by atoms with E-state index >= 15 is 0 Å². The van der Waals surface area contributed by atoms with Crippen molar-refractivity contribution in [3.63, 3.8) is 0 Å². The van der Waals surface area contributed by atoms with E-state index in [1.54, 1.807) is 0 Å². The zero-order chi connectivity index (χ0) is 10.4. The first-order valence-corrected chi connectivity index (χ1v) is 4.11. The van der Waals surface area contributed by atoms with Gasteiger partial charge in [-0.3, -0.25) is 0 Å². The summed E-state index contributed by atoms with van der Waals surface area (Å²) >= 11 is 0. The van der Waals surface area contributed by atoms with Gasteiger partial charge in [0.25, 0.3) is 0 Å². The maximum absolute atomic E-state index is 12.4. The van der Waals surface area contributed by atoms with Crippen molar-refractivity contribution in [2.24, 2.45) is 0 Å². The van der Waals surface area contributed by atoms with Crippen LogP contribution in [-0.2, 0) is 4.74 Å². The number of ether oxygens (including phenoxy) is 1. The summed E-state index contributed by atoms with van der Waals surface area (Å²) in [6.07, 6.45) is 1.48. The Hall–Kier alpha value is -1.27. The maximum atomic E-state index is 12.4. The third-order valence-corrected chi connectivity index (χ3v) is 1.48. The van der Waals surface area contributed by atoms with Crippen LogP contribution in [0.4, 0.5) is 10.3 Å². The third-order valence-electron chi connectivity index (χ3n) is 1.48. The van der Waals surface area contributed by atoms with Crippen molar-refractivity contribution in [1.82, 2.24) is 9.97 Å². The molecule has 14 heavy (non-hydrogen) atoms. The van der Waals surface area contributed by atoms with Crippen LogP contribution in [0, 0.1) is 5.82 Å². The minimum Gasteiger partial charge on any atom is -0.389 e. The minimum absolute atomic E-state index is 0.230. The van der Waals surface area contributed by atoms with Crippen LogP contribution in [0.1, 0.15) is 0 Å². The molecule has 1 atom stereocenters. The van der Waals surface area contributed by atoms with Gasteiger partial charge in [0.1, 0.15) is 0 Å². The predicted octanol–water partition coefficient (Wildman–Crippen LogP) is 0.0349. The van der Waals surface area contributed by atoms with Crippen molar-refractivity contribution >= 4 is 5.95 Å². The van der Waals surface area contributed by atoms with Crippen molar-refractivity contribution in [1.29, 1.82) is 0 Å². The summed E-state index contributed by atoms with van der Waals surface area (Å²) in [6, 6.07) is 0. The summed E-state index contributed by atoms with van der Waals surface area (Å²) < 4.78 is 17.1. The number of hydrogen-bond donors (Lipinski definition) is 2. The number of aliphatic hydroxyl groups excluding tert-OH is 1. The second kappa shape index (κ2) is 5.46. The molecule has 0 aliphatic heterocycles. The minimum atomic E-state index is -0.631. The first-order valence-electron chi connectivity index (χ1n) is 4.11. The van der Waals surface area contributed by atoms with E-state index in [4.69, 9.17) is 4.74 Å². The normalized spacial score (nSPS) is 12.5. The number of rotatable bonds is 5. The molecule has 0 aromatic carbocycles. The molecule has 5 nitrogen and oxygen atoms in total. The van der Waals surface area contributed by atoms with Crippen molar-refractivity contribution in [2.45, 2.75) is 6.10 Å². The van der Waals surface area contributed by atoms with Crippen LogP contribution < -0.4 is 5.32 Å². The van der Waals surface area contributed by atoms with E-state index in [0.717, 1.165) is 12.4 Å². The lowest BCUT2D eigenvalue weighted by molar-refractivity contribution is 0.0726. The molecule has 6 heteroatoms. The van der Waals surface area contributed by atoms with E-state index in [-0.39, 0.29) is 19.1 Å². The number of methoxy groups -OCH3 is 1. The first kappa shape index (κ1) is 10.8. The predicted molar refractivity (Wildman–Crippen MR) is 48.4 cm³/mol. The van der Waals surface area contributed by atoms with Gasteiger partial charge in [-0.05, 0) is 0 Å². The molecule has 1 aromatic rings. The van der Waals surface area contributed by atoms with E-state index in [9.17, 15) is 9.50 Å². The summed E-state index contributed by atoms with van der Waals surface area (Å²) in [5, 5.41) is 12.0. The molecule has 0 saturated carbocycles. The van der Waals surface area contributed by atoms with Gasteiger partial charge in [-0.15, -0.1) is 0 Å². The van der Waals surface area contributed by atoms with Crippen LogP contribution in [0.3, 0.4) is 0 Å². The molecule has 1 rings (SSSR count). The highest BCUT2D eigenvalue weighted by Crippen LogP contribution is 1.98. The Balaban J connectivity index is 2.34. The average Bonchev–Trinajstić information content (AvgIpc) is 2.17. The van der Waals surface area contributed by atoms with Crippen LogP contribution >= 0.6 is 0 Å². The lowest BCUT2D eigenvalue weighted by Gasteiger charge is -2.09. The molecular weight excluding hydrogens is 189 g/mol. The SMILES string of the molecule is COCC(O)CNc1ncc(F)cn1. The highest BCUT2D eigenvalue weighted by molar-refractivity contribution is 5.22. The smallest absolute Gasteiger partial charge is 0.222 e. The number of nitrogens with one attached hydrogen (secondary N) is 1. The van der Waals surface area contributed by atoms with Crippen LogP contribution in [0.25, 0.3) is 0 Å². The molecular formula is C8H12FN3O2. The maximum Gasteiger partial charge on any atom is 0.222 e. The number of hydrogen-bond acceptors (Lipinski definition) is 5. The Bertz CT molecular complexity index is 268. The zero-order valence-corrected chi connectivity index (χ0v) is 7.77. The third kappa shape index (κ3) is 3.63. The zero-order valence-electron chi connectivity index (χ0n) is 7.77. The van der Waals surface area contributed by atoms with E-state index < -0.39 is 11.9 Å². The molecule has 1 unspecified atom stereocenters. The summed E-state index contributed by atoms with van der Waals surface area (Å²) in [4.78, 5) is 7.32. The molecule has 0 spiro atoms. The second-order valence-electron chi connectivity index (χ2n) is 2.71. The van der Waals surface area contributed by atoms with Crippen LogP contribution in [-0.4, -0.2) is 41.4 Å². The highest BCUT2D eigenvalue weighted by atomic mass is 19.1. The lowest BCUT2D eigenvalue weighted by Crippen LogP contribution is -2.24. The molecule has 0 saturated heterocycles. The molecule has 1 aromatic heterocycles. The topological polar surface area (TPSA) is 67.3 Å². The quantitative estimate of drug-likeness (QED) is 0.703. The Morgan fingerprint density at radius 1 is 1.57 bits per heavy atom. The molecule has 1 heterocycles. The van der Waals surface area contributed by atoms with E-state index in [1.807, 2.05) is 0 Å². The van der Waals surface area contributed by atoms with Crippen LogP contribution in [0.5, 0.6) is 0 Å². The molecule has 2 N–H and O–H groups in total. The molecule has 78 valence electrons. The Labute approximate surface area is 81.0 Å². The van der Waals surface area contributed by atoms with Gasteiger partial charge in [-0.1, -0.05) is 0 Å². The standard InChI is InChI=1S/C8H12FN3O2/c1-14-5-7(13)4-12-8-10-2-6(9)3-11-8/h2-3,7,13H,4-5H2,1H3,(H,10,11,12).